The van der Waals surface area contributed by atoms with Crippen LogP contribution in [0.2, 0.25) is 0 Å². The number of nitrogens with one attached hydrogen (secondary N) is 1. The predicted octanol–water partition coefficient (Wildman–Crippen LogP) is 4.73. The fourth-order valence-electron chi connectivity index (χ4n) is 1.98. The molecular weight excluding hydrogens is 334 g/mol. The number of nitrogens with zero attached hydrogens (tertiary/aromatic N) is 1. The summed E-state index contributed by atoms with van der Waals surface area (Å²) in [7, 11) is 0. The fraction of sp³-hybridized carbons (Fsp3) is 0. The van der Waals surface area contributed by atoms with Crippen molar-refractivity contribution in [1.29, 1.82) is 0 Å². The molecule has 96 valence electrons. The molecule has 2 aromatic carbocycles. The maximum absolute atomic E-state index is 14.0. The molecule has 0 aliphatic heterocycles. The van der Waals surface area contributed by atoms with Gasteiger partial charge in [-0.1, -0.05) is 15.9 Å². The van der Waals surface area contributed by atoms with Crippen molar-refractivity contribution in [3.8, 4) is 5.69 Å². The van der Waals surface area contributed by atoms with Crippen molar-refractivity contribution >= 4 is 39.2 Å². The van der Waals surface area contributed by atoms with Gasteiger partial charge in [0.1, 0.15) is 11.6 Å². The van der Waals surface area contributed by atoms with Gasteiger partial charge in [-0.25, -0.2) is 8.78 Å². The van der Waals surface area contributed by atoms with Crippen LogP contribution in [0.4, 0.5) is 8.78 Å². The lowest BCUT2D eigenvalue weighted by molar-refractivity contribution is 0.616. The van der Waals surface area contributed by atoms with E-state index >= 15 is 0 Å². The first-order valence-corrected chi connectivity index (χ1v) is 6.62. The summed E-state index contributed by atoms with van der Waals surface area (Å²) in [5.74, 6) is -0.830. The summed E-state index contributed by atoms with van der Waals surface area (Å²) < 4.78 is 29.8. The highest BCUT2D eigenvalue weighted by molar-refractivity contribution is 9.10. The number of hydrogen-bond acceptors (Lipinski definition) is 1. The average molecular weight is 341 g/mol. The SMILES string of the molecule is Fc1ccc2[nH]c(=S)n(-c3ccc(Br)cc3F)c2c1. The van der Waals surface area contributed by atoms with Crippen molar-refractivity contribution in [2.45, 2.75) is 0 Å². The van der Waals surface area contributed by atoms with Crippen LogP contribution in [0.1, 0.15) is 0 Å². The molecule has 0 bridgehead atoms. The molecule has 2 nitrogen and oxygen atoms in total. The van der Waals surface area contributed by atoms with Gasteiger partial charge in [-0.2, -0.15) is 0 Å². The van der Waals surface area contributed by atoms with Crippen molar-refractivity contribution in [2.24, 2.45) is 0 Å². The highest BCUT2D eigenvalue weighted by Gasteiger charge is 2.11. The molecule has 0 fully saturated rings. The van der Waals surface area contributed by atoms with E-state index in [1.165, 1.54) is 22.8 Å². The van der Waals surface area contributed by atoms with Crippen molar-refractivity contribution in [3.05, 3.63) is 57.3 Å². The highest BCUT2D eigenvalue weighted by Crippen LogP contribution is 2.24. The summed E-state index contributed by atoms with van der Waals surface area (Å²) in [6, 6.07) is 8.87. The minimum absolute atomic E-state index is 0.282. The topological polar surface area (TPSA) is 20.7 Å². The van der Waals surface area contributed by atoms with Gasteiger partial charge in [-0.05, 0) is 42.5 Å². The molecule has 3 rings (SSSR count). The number of halogens is 3. The molecule has 0 saturated heterocycles. The van der Waals surface area contributed by atoms with Crippen molar-refractivity contribution < 1.29 is 8.78 Å². The van der Waals surface area contributed by atoms with Gasteiger partial charge in [0.05, 0.1) is 16.7 Å². The smallest absolute Gasteiger partial charge is 0.182 e. The molecule has 0 amide bonds. The van der Waals surface area contributed by atoms with Crippen LogP contribution in [0, 0.1) is 16.4 Å². The zero-order valence-corrected chi connectivity index (χ0v) is 11.9. The normalized spacial score (nSPS) is 11.1. The Morgan fingerprint density at radius 3 is 2.63 bits per heavy atom. The van der Waals surface area contributed by atoms with E-state index in [9.17, 15) is 8.78 Å². The number of aromatic amines is 1. The monoisotopic (exact) mass is 340 g/mol. The van der Waals surface area contributed by atoms with Crippen LogP contribution < -0.4 is 0 Å². The molecule has 6 heteroatoms. The van der Waals surface area contributed by atoms with Crippen LogP contribution in [-0.4, -0.2) is 9.55 Å². The van der Waals surface area contributed by atoms with E-state index in [2.05, 4.69) is 20.9 Å². The quantitative estimate of drug-likeness (QED) is 0.635. The van der Waals surface area contributed by atoms with Gasteiger partial charge in [0.15, 0.2) is 4.77 Å². The Morgan fingerprint density at radius 2 is 1.89 bits per heavy atom. The Hall–Kier alpha value is -1.53. The third-order valence-corrected chi connectivity index (χ3v) is 3.57. The molecular formula is C13H7BrF2N2S. The molecule has 0 radical (unpaired) electrons. The van der Waals surface area contributed by atoms with E-state index in [0.717, 1.165) is 0 Å². The van der Waals surface area contributed by atoms with Crippen LogP contribution in [0.25, 0.3) is 16.7 Å². The Labute approximate surface area is 120 Å². The number of benzene rings is 2. The largest absolute Gasteiger partial charge is 0.330 e. The molecule has 1 N–H and O–H groups in total. The van der Waals surface area contributed by atoms with E-state index in [1.54, 1.807) is 18.2 Å². The van der Waals surface area contributed by atoms with Gasteiger partial charge in [0.25, 0.3) is 0 Å². The first-order chi connectivity index (χ1) is 9.06. The number of aromatic nitrogens is 2. The van der Waals surface area contributed by atoms with E-state index < -0.39 is 11.6 Å². The van der Waals surface area contributed by atoms with Crippen molar-refractivity contribution in [1.82, 2.24) is 9.55 Å². The first-order valence-electron chi connectivity index (χ1n) is 5.42. The third kappa shape index (κ3) is 2.11. The maximum Gasteiger partial charge on any atom is 0.182 e. The van der Waals surface area contributed by atoms with Crippen LogP contribution >= 0.6 is 28.1 Å². The highest BCUT2D eigenvalue weighted by atomic mass is 79.9. The number of rotatable bonds is 1. The number of imidazole rings is 1. The Morgan fingerprint density at radius 1 is 1.11 bits per heavy atom. The Bertz CT molecular complexity index is 838. The standard InChI is InChI=1S/C13H7BrF2N2S/c14-7-1-4-11(9(16)5-7)18-12-6-8(15)2-3-10(12)17-13(18)19/h1-6H,(H,17,19). The lowest BCUT2D eigenvalue weighted by Gasteiger charge is -2.06. The van der Waals surface area contributed by atoms with Crippen molar-refractivity contribution in [2.75, 3.05) is 0 Å². The third-order valence-electron chi connectivity index (χ3n) is 2.80. The molecule has 0 spiro atoms. The molecule has 0 aliphatic rings. The van der Waals surface area contributed by atoms with Crippen LogP contribution in [0.3, 0.4) is 0 Å². The molecule has 19 heavy (non-hydrogen) atoms. The first kappa shape index (κ1) is 12.5. The van der Waals surface area contributed by atoms with Crippen LogP contribution in [0.15, 0.2) is 40.9 Å². The summed E-state index contributed by atoms with van der Waals surface area (Å²) in [5.41, 5.74) is 1.45. The Kier molecular flexibility index (Phi) is 2.99. The van der Waals surface area contributed by atoms with E-state index in [1.807, 2.05) is 0 Å². The molecule has 0 atom stereocenters. The molecule has 0 aliphatic carbocycles. The summed E-state index contributed by atoms with van der Waals surface area (Å²) in [6.45, 7) is 0. The minimum Gasteiger partial charge on any atom is -0.330 e. The van der Waals surface area contributed by atoms with Crippen LogP contribution in [0.5, 0.6) is 0 Å². The molecule has 0 unspecified atom stereocenters. The molecule has 1 aromatic heterocycles. The molecule has 1 heterocycles. The van der Waals surface area contributed by atoms with Gasteiger partial charge in [-0.15, -0.1) is 0 Å². The molecule has 0 saturated carbocycles. The summed E-state index contributed by atoms with van der Waals surface area (Å²) >= 11 is 8.37. The van der Waals surface area contributed by atoms with E-state index in [-0.39, 0.29) is 5.69 Å². The van der Waals surface area contributed by atoms with E-state index in [4.69, 9.17) is 12.2 Å². The maximum atomic E-state index is 14.0. The van der Waals surface area contributed by atoms with Crippen LogP contribution in [-0.2, 0) is 0 Å². The summed E-state index contributed by atoms with van der Waals surface area (Å²) in [4.78, 5) is 2.93. The lowest BCUT2D eigenvalue weighted by Crippen LogP contribution is -1.97. The van der Waals surface area contributed by atoms with Gasteiger partial charge in [0, 0.05) is 10.5 Å². The zero-order chi connectivity index (χ0) is 13.6. The minimum atomic E-state index is -0.435. The second kappa shape index (κ2) is 4.54. The second-order valence-corrected chi connectivity index (χ2v) is 5.33. The zero-order valence-electron chi connectivity index (χ0n) is 9.45. The second-order valence-electron chi connectivity index (χ2n) is 4.02. The lowest BCUT2D eigenvalue weighted by atomic mass is 10.2. The van der Waals surface area contributed by atoms with Gasteiger partial charge >= 0.3 is 0 Å². The average Bonchev–Trinajstić information content (AvgIpc) is 2.65. The molecule has 3 aromatic rings. The number of hydrogen-bond donors (Lipinski definition) is 1. The van der Waals surface area contributed by atoms with Gasteiger partial charge in [0.2, 0.25) is 0 Å². The fourth-order valence-corrected chi connectivity index (χ4v) is 2.62. The van der Waals surface area contributed by atoms with Crippen molar-refractivity contribution in [3.63, 3.8) is 0 Å². The van der Waals surface area contributed by atoms with E-state index in [0.29, 0.717) is 20.3 Å². The van der Waals surface area contributed by atoms with Gasteiger partial charge < -0.3 is 4.98 Å². The summed E-state index contributed by atoms with van der Waals surface area (Å²) in [6.07, 6.45) is 0. The number of fused-ring (bicyclic) bond motifs is 1. The summed E-state index contributed by atoms with van der Waals surface area (Å²) in [5, 5.41) is 0. The predicted molar refractivity (Wildman–Crippen MR) is 76.1 cm³/mol. The number of H-pyrrole nitrogens is 1. The van der Waals surface area contributed by atoms with Gasteiger partial charge in [-0.3, -0.25) is 4.57 Å². The Balaban J connectivity index is 2.38.